The molecular weight excluding hydrogens is 226 g/mol. The van der Waals surface area contributed by atoms with Crippen LogP contribution in [0.3, 0.4) is 0 Å². The average Bonchev–Trinajstić information content (AvgIpc) is 2.28. The SMILES string of the molecule is Cc1ccnc(N2CC(C)OC(CCl)C2)n1. The predicted molar refractivity (Wildman–Crippen MR) is 64.0 cm³/mol. The van der Waals surface area contributed by atoms with Gasteiger partial charge in [0.2, 0.25) is 5.95 Å². The van der Waals surface area contributed by atoms with Gasteiger partial charge in [0.1, 0.15) is 0 Å². The smallest absolute Gasteiger partial charge is 0.225 e. The van der Waals surface area contributed by atoms with Crippen molar-refractivity contribution in [3.8, 4) is 0 Å². The van der Waals surface area contributed by atoms with Crippen LogP contribution >= 0.6 is 11.6 Å². The van der Waals surface area contributed by atoms with Crippen molar-refractivity contribution in [1.82, 2.24) is 9.97 Å². The van der Waals surface area contributed by atoms with Crippen molar-refractivity contribution in [3.63, 3.8) is 0 Å². The summed E-state index contributed by atoms with van der Waals surface area (Å²) < 4.78 is 5.69. The Morgan fingerprint density at radius 1 is 1.56 bits per heavy atom. The van der Waals surface area contributed by atoms with Gasteiger partial charge in [-0.3, -0.25) is 0 Å². The van der Waals surface area contributed by atoms with Crippen LogP contribution in [0.2, 0.25) is 0 Å². The quantitative estimate of drug-likeness (QED) is 0.738. The molecule has 1 fully saturated rings. The molecule has 0 N–H and O–H groups in total. The molecule has 0 aliphatic carbocycles. The summed E-state index contributed by atoms with van der Waals surface area (Å²) >= 11 is 5.84. The van der Waals surface area contributed by atoms with Gasteiger partial charge in [-0.2, -0.15) is 0 Å². The standard InChI is InChI=1S/C11H16ClN3O/c1-8-3-4-13-11(14-8)15-6-9(2)16-10(5-12)7-15/h3-4,9-10H,5-7H2,1-2H3. The van der Waals surface area contributed by atoms with Crippen molar-refractivity contribution in [2.75, 3.05) is 23.9 Å². The number of halogens is 1. The molecule has 2 heterocycles. The van der Waals surface area contributed by atoms with Gasteiger partial charge in [0.15, 0.2) is 0 Å². The van der Waals surface area contributed by atoms with E-state index in [0.717, 1.165) is 24.7 Å². The lowest BCUT2D eigenvalue weighted by Gasteiger charge is -2.36. The number of nitrogens with zero attached hydrogens (tertiary/aromatic N) is 3. The second-order valence-electron chi connectivity index (χ2n) is 4.13. The zero-order valence-electron chi connectivity index (χ0n) is 9.56. The second-order valence-corrected chi connectivity index (χ2v) is 4.43. The minimum atomic E-state index is 0.0644. The van der Waals surface area contributed by atoms with Gasteiger partial charge in [-0.1, -0.05) is 0 Å². The molecule has 0 bridgehead atoms. The van der Waals surface area contributed by atoms with E-state index in [2.05, 4.69) is 14.9 Å². The average molecular weight is 242 g/mol. The molecule has 5 heteroatoms. The Hall–Kier alpha value is -0.870. The van der Waals surface area contributed by atoms with Crippen LogP contribution in [0.4, 0.5) is 5.95 Å². The second kappa shape index (κ2) is 4.97. The van der Waals surface area contributed by atoms with E-state index in [4.69, 9.17) is 16.3 Å². The van der Waals surface area contributed by atoms with Gasteiger partial charge in [-0.05, 0) is 19.9 Å². The number of morpholine rings is 1. The normalized spacial score (nSPS) is 25.8. The van der Waals surface area contributed by atoms with Gasteiger partial charge in [-0.15, -0.1) is 11.6 Å². The number of hydrogen-bond donors (Lipinski definition) is 0. The van der Waals surface area contributed by atoms with Gasteiger partial charge in [-0.25, -0.2) is 9.97 Å². The van der Waals surface area contributed by atoms with Crippen LogP contribution in [0.1, 0.15) is 12.6 Å². The summed E-state index contributed by atoms with van der Waals surface area (Å²) in [6.45, 7) is 5.59. The zero-order chi connectivity index (χ0) is 11.5. The van der Waals surface area contributed by atoms with Crippen LogP contribution in [0, 0.1) is 6.92 Å². The van der Waals surface area contributed by atoms with Crippen molar-refractivity contribution >= 4 is 17.5 Å². The van der Waals surface area contributed by atoms with Crippen molar-refractivity contribution in [3.05, 3.63) is 18.0 Å². The maximum atomic E-state index is 5.84. The molecule has 16 heavy (non-hydrogen) atoms. The Balaban J connectivity index is 2.14. The van der Waals surface area contributed by atoms with Crippen LogP contribution in [-0.4, -0.2) is 41.1 Å². The molecule has 4 nitrogen and oxygen atoms in total. The summed E-state index contributed by atoms with van der Waals surface area (Å²) in [5, 5.41) is 0. The van der Waals surface area contributed by atoms with Crippen LogP contribution in [-0.2, 0) is 4.74 Å². The molecule has 2 rings (SSSR count). The van der Waals surface area contributed by atoms with E-state index in [0.29, 0.717) is 5.88 Å². The van der Waals surface area contributed by atoms with E-state index in [1.165, 1.54) is 0 Å². The highest BCUT2D eigenvalue weighted by molar-refractivity contribution is 6.18. The van der Waals surface area contributed by atoms with Gasteiger partial charge >= 0.3 is 0 Å². The first-order chi connectivity index (χ1) is 7.69. The Labute approximate surface area is 101 Å². The Morgan fingerprint density at radius 2 is 2.38 bits per heavy atom. The number of ether oxygens (including phenoxy) is 1. The molecule has 1 aliphatic rings. The third kappa shape index (κ3) is 2.62. The van der Waals surface area contributed by atoms with Crippen LogP contribution in [0.5, 0.6) is 0 Å². The number of rotatable bonds is 2. The fraction of sp³-hybridized carbons (Fsp3) is 0.636. The Morgan fingerprint density at radius 3 is 3.06 bits per heavy atom. The first-order valence-corrected chi connectivity index (χ1v) is 5.98. The molecule has 0 spiro atoms. The summed E-state index contributed by atoms with van der Waals surface area (Å²) in [6, 6.07) is 1.90. The van der Waals surface area contributed by atoms with Crippen LogP contribution in [0.15, 0.2) is 12.3 Å². The fourth-order valence-corrected chi connectivity index (χ4v) is 2.05. The monoisotopic (exact) mass is 241 g/mol. The number of hydrogen-bond acceptors (Lipinski definition) is 4. The number of alkyl halides is 1. The molecule has 1 aliphatic heterocycles. The van der Waals surface area contributed by atoms with E-state index in [9.17, 15) is 0 Å². The lowest BCUT2D eigenvalue weighted by atomic mass is 10.2. The van der Waals surface area contributed by atoms with Gasteiger partial charge in [0, 0.05) is 25.0 Å². The molecule has 0 radical (unpaired) electrons. The molecule has 2 unspecified atom stereocenters. The van der Waals surface area contributed by atoms with Crippen molar-refractivity contribution in [2.45, 2.75) is 26.1 Å². The minimum Gasteiger partial charge on any atom is -0.370 e. The summed E-state index contributed by atoms with van der Waals surface area (Å²) in [4.78, 5) is 10.8. The van der Waals surface area contributed by atoms with Crippen LogP contribution < -0.4 is 4.90 Å². The van der Waals surface area contributed by atoms with E-state index >= 15 is 0 Å². The topological polar surface area (TPSA) is 38.2 Å². The lowest BCUT2D eigenvalue weighted by molar-refractivity contribution is -0.00384. The maximum absolute atomic E-state index is 5.84. The lowest BCUT2D eigenvalue weighted by Crippen LogP contribution is -2.48. The first-order valence-electron chi connectivity index (χ1n) is 5.45. The van der Waals surface area contributed by atoms with Crippen molar-refractivity contribution < 1.29 is 4.74 Å². The number of aryl methyl sites for hydroxylation is 1. The highest BCUT2D eigenvalue weighted by Crippen LogP contribution is 2.17. The summed E-state index contributed by atoms with van der Waals surface area (Å²) in [7, 11) is 0. The Bertz CT molecular complexity index is 361. The predicted octanol–water partition coefficient (Wildman–Crippen LogP) is 1.62. The van der Waals surface area contributed by atoms with Gasteiger partial charge < -0.3 is 9.64 Å². The molecule has 88 valence electrons. The highest BCUT2D eigenvalue weighted by atomic mass is 35.5. The molecule has 1 aromatic rings. The molecule has 1 saturated heterocycles. The van der Waals surface area contributed by atoms with Crippen molar-refractivity contribution in [2.24, 2.45) is 0 Å². The molecule has 2 atom stereocenters. The number of aromatic nitrogens is 2. The highest BCUT2D eigenvalue weighted by Gasteiger charge is 2.26. The fourth-order valence-electron chi connectivity index (χ4n) is 1.88. The number of anilines is 1. The summed E-state index contributed by atoms with van der Waals surface area (Å²) in [5.74, 6) is 1.28. The molecule has 0 saturated carbocycles. The van der Waals surface area contributed by atoms with Crippen LogP contribution in [0.25, 0.3) is 0 Å². The molecule has 1 aromatic heterocycles. The van der Waals surface area contributed by atoms with E-state index in [1.807, 2.05) is 19.9 Å². The maximum Gasteiger partial charge on any atom is 0.225 e. The largest absolute Gasteiger partial charge is 0.370 e. The molecule has 0 amide bonds. The zero-order valence-corrected chi connectivity index (χ0v) is 10.3. The third-order valence-corrected chi connectivity index (χ3v) is 2.91. The van der Waals surface area contributed by atoms with Crippen molar-refractivity contribution in [1.29, 1.82) is 0 Å². The summed E-state index contributed by atoms with van der Waals surface area (Å²) in [5.41, 5.74) is 0.978. The van der Waals surface area contributed by atoms with Gasteiger partial charge in [0.25, 0.3) is 0 Å². The van der Waals surface area contributed by atoms with Gasteiger partial charge in [0.05, 0.1) is 18.1 Å². The Kier molecular flexibility index (Phi) is 3.61. The van der Waals surface area contributed by atoms with E-state index in [-0.39, 0.29) is 12.2 Å². The molecule has 0 aromatic carbocycles. The first kappa shape index (κ1) is 11.6. The van der Waals surface area contributed by atoms with E-state index in [1.54, 1.807) is 6.20 Å². The third-order valence-electron chi connectivity index (χ3n) is 2.56. The van der Waals surface area contributed by atoms with E-state index < -0.39 is 0 Å². The molecular formula is C11H16ClN3O. The summed E-state index contributed by atoms with van der Waals surface area (Å²) in [6.07, 6.45) is 2.02. The minimum absolute atomic E-state index is 0.0644.